The van der Waals surface area contributed by atoms with E-state index in [1.54, 1.807) is 17.0 Å². The summed E-state index contributed by atoms with van der Waals surface area (Å²) in [5, 5.41) is 2.84. The molecule has 4 rings (SSSR count). The van der Waals surface area contributed by atoms with Gasteiger partial charge in [0.15, 0.2) is 9.84 Å². The third kappa shape index (κ3) is 3.59. The summed E-state index contributed by atoms with van der Waals surface area (Å²) in [6.45, 7) is 2.30. The number of sulfone groups is 1. The Balaban J connectivity index is 1.53. The van der Waals surface area contributed by atoms with Crippen molar-refractivity contribution in [1.82, 2.24) is 10.2 Å². The maximum Gasteiger partial charge on any atom is 0.325 e. The van der Waals surface area contributed by atoms with Crippen molar-refractivity contribution in [3.8, 4) is 0 Å². The predicted octanol–water partition coefficient (Wildman–Crippen LogP) is 1.87. The molecule has 1 aliphatic carbocycles. The summed E-state index contributed by atoms with van der Waals surface area (Å²) in [6.07, 6.45) is 5.46. The van der Waals surface area contributed by atoms with Crippen LogP contribution in [0.1, 0.15) is 44.6 Å². The number of aryl methyl sites for hydroxylation is 1. The van der Waals surface area contributed by atoms with Gasteiger partial charge in [-0.25, -0.2) is 13.2 Å². The number of urea groups is 1. The maximum atomic E-state index is 13.0. The summed E-state index contributed by atoms with van der Waals surface area (Å²) >= 11 is 0. The van der Waals surface area contributed by atoms with E-state index in [4.69, 9.17) is 0 Å². The van der Waals surface area contributed by atoms with Gasteiger partial charge >= 0.3 is 6.03 Å². The Hall–Kier alpha value is -2.42. The van der Waals surface area contributed by atoms with Gasteiger partial charge in [0.1, 0.15) is 12.1 Å². The normalized spacial score (nSPS) is 26.7. The first kappa shape index (κ1) is 20.8. The van der Waals surface area contributed by atoms with Crippen LogP contribution in [0.4, 0.5) is 10.5 Å². The molecule has 9 heteroatoms. The van der Waals surface area contributed by atoms with E-state index in [2.05, 4.69) is 12.2 Å². The first-order valence-electron chi connectivity index (χ1n) is 10.4. The van der Waals surface area contributed by atoms with Gasteiger partial charge in [-0.15, -0.1) is 0 Å². The monoisotopic (exact) mass is 433 g/mol. The molecule has 0 unspecified atom stereocenters. The van der Waals surface area contributed by atoms with Gasteiger partial charge in [-0.2, -0.15) is 0 Å². The highest BCUT2D eigenvalue weighted by Crippen LogP contribution is 2.36. The molecule has 1 spiro atoms. The number of carbonyl (C=O) groups is 3. The van der Waals surface area contributed by atoms with Crippen molar-refractivity contribution in [3.63, 3.8) is 0 Å². The zero-order chi connectivity index (χ0) is 21.7. The van der Waals surface area contributed by atoms with Crippen LogP contribution in [0.5, 0.6) is 0 Å². The van der Waals surface area contributed by atoms with E-state index >= 15 is 0 Å². The van der Waals surface area contributed by atoms with Crippen LogP contribution in [0.3, 0.4) is 0 Å². The molecule has 0 aromatic heterocycles. The van der Waals surface area contributed by atoms with E-state index < -0.39 is 21.4 Å². The highest BCUT2D eigenvalue weighted by Gasteiger charge is 2.52. The largest absolute Gasteiger partial charge is 0.325 e. The summed E-state index contributed by atoms with van der Waals surface area (Å²) in [4.78, 5) is 41.4. The number of imide groups is 1. The molecule has 0 radical (unpaired) electrons. The van der Waals surface area contributed by atoms with Crippen molar-refractivity contribution in [2.75, 3.05) is 24.2 Å². The maximum absolute atomic E-state index is 13.0. The van der Waals surface area contributed by atoms with Crippen molar-refractivity contribution < 1.29 is 22.8 Å². The zero-order valence-corrected chi connectivity index (χ0v) is 18.1. The number of nitrogens with one attached hydrogen (secondary N) is 1. The third-order valence-electron chi connectivity index (χ3n) is 6.57. The fraction of sp³-hybridized carbons (Fsp3) is 0.571. The van der Waals surface area contributed by atoms with E-state index in [1.165, 1.54) is 6.07 Å². The molecule has 2 fully saturated rings. The first-order valence-corrected chi connectivity index (χ1v) is 12.3. The average Bonchev–Trinajstić information content (AvgIpc) is 2.93. The van der Waals surface area contributed by atoms with E-state index in [9.17, 15) is 22.8 Å². The van der Waals surface area contributed by atoms with Crippen LogP contribution in [0.2, 0.25) is 0 Å². The van der Waals surface area contributed by atoms with Crippen LogP contribution in [-0.4, -0.2) is 56.0 Å². The minimum Gasteiger partial charge on any atom is -0.323 e. The third-order valence-corrected chi connectivity index (χ3v) is 7.68. The number of carbonyl (C=O) groups excluding carboxylic acids is 3. The van der Waals surface area contributed by atoms with E-state index in [0.717, 1.165) is 29.6 Å². The summed E-state index contributed by atoms with van der Waals surface area (Å²) < 4.78 is 23.7. The molecule has 3 aliphatic rings. The molecule has 4 amide bonds. The fourth-order valence-electron chi connectivity index (χ4n) is 4.70. The number of benzene rings is 1. The lowest BCUT2D eigenvalue weighted by Crippen LogP contribution is -2.50. The van der Waals surface area contributed by atoms with Crippen LogP contribution in [0, 0.1) is 5.92 Å². The van der Waals surface area contributed by atoms with Crippen molar-refractivity contribution in [3.05, 3.63) is 23.8 Å². The molecular weight excluding hydrogens is 406 g/mol. The van der Waals surface area contributed by atoms with Crippen molar-refractivity contribution >= 4 is 33.4 Å². The van der Waals surface area contributed by atoms with E-state index in [1.807, 2.05) is 0 Å². The number of anilines is 1. The van der Waals surface area contributed by atoms with Gasteiger partial charge in [-0.05, 0) is 68.2 Å². The number of hydrogen-bond donors (Lipinski definition) is 1. The Bertz CT molecular complexity index is 1010. The van der Waals surface area contributed by atoms with Gasteiger partial charge in [0.2, 0.25) is 5.91 Å². The van der Waals surface area contributed by atoms with Crippen LogP contribution in [0.25, 0.3) is 0 Å². The van der Waals surface area contributed by atoms with Crippen molar-refractivity contribution in [2.45, 2.75) is 55.9 Å². The molecule has 30 heavy (non-hydrogen) atoms. The highest BCUT2D eigenvalue weighted by molar-refractivity contribution is 7.90. The Kier molecular flexibility index (Phi) is 5.12. The Labute approximate surface area is 176 Å². The Morgan fingerprint density at radius 2 is 1.93 bits per heavy atom. The standard InChI is InChI=1S/C21H27N3O5S/c1-14-7-9-21(10-8-14)19(26)24(20(27)22-21)13-18(25)23-11-3-4-15-12-16(30(2,28)29)5-6-17(15)23/h5-6,12,14H,3-4,7-11,13H2,1-2H3,(H,22,27). The van der Waals surface area contributed by atoms with Crippen molar-refractivity contribution in [2.24, 2.45) is 5.92 Å². The zero-order valence-electron chi connectivity index (χ0n) is 17.3. The molecule has 1 N–H and O–H groups in total. The van der Waals surface area contributed by atoms with E-state index in [0.29, 0.717) is 43.8 Å². The van der Waals surface area contributed by atoms with Gasteiger partial charge in [0, 0.05) is 18.5 Å². The predicted molar refractivity (Wildman–Crippen MR) is 111 cm³/mol. The van der Waals surface area contributed by atoms with Gasteiger partial charge in [0.05, 0.1) is 4.90 Å². The fourth-order valence-corrected chi connectivity index (χ4v) is 5.37. The number of nitrogens with zero attached hydrogens (tertiary/aromatic N) is 2. The number of fused-ring (bicyclic) bond motifs is 1. The molecule has 162 valence electrons. The van der Waals surface area contributed by atoms with Gasteiger partial charge in [0.25, 0.3) is 5.91 Å². The first-order chi connectivity index (χ1) is 14.1. The molecule has 2 heterocycles. The van der Waals surface area contributed by atoms with Gasteiger partial charge in [-0.1, -0.05) is 6.92 Å². The van der Waals surface area contributed by atoms with Crippen LogP contribution in [0.15, 0.2) is 23.1 Å². The van der Waals surface area contributed by atoms with Crippen LogP contribution < -0.4 is 10.2 Å². The Morgan fingerprint density at radius 1 is 1.23 bits per heavy atom. The molecule has 8 nitrogen and oxygen atoms in total. The summed E-state index contributed by atoms with van der Waals surface area (Å²) in [7, 11) is -3.34. The molecule has 1 saturated carbocycles. The van der Waals surface area contributed by atoms with Crippen LogP contribution in [-0.2, 0) is 25.8 Å². The number of hydrogen-bond acceptors (Lipinski definition) is 5. The van der Waals surface area contributed by atoms with E-state index in [-0.39, 0.29) is 23.3 Å². The lowest BCUT2D eigenvalue weighted by molar-refractivity contribution is -0.135. The summed E-state index contributed by atoms with van der Waals surface area (Å²) in [6, 6.07) is 4.23. The van der Waals surface area contributed by atoms with Crippen molar-refractivity contribution in [1.29, 1.82) is 0 Å². The molecule has 1 aromatic carbocycles. The Morgan fingerprint density at radius 3 is 2.60 bits per heavy atom. The van der Waals surface area contributed by atoms with Gasteiger partial charge in [-0.3, -0.25) is 14.5 Å². The quantitative estimate of drug-likeness (QED) is 0.733. The summed E-state index contributed by atoms with van der Waals surface area (Å²) in [5.41, 5.74) is 0.563. The minimum absolute atomic E-state index is 0.220. The second-order valence-electron chi connectivity index (χ2n) is 8.80. The molecule has 2 aliphatic heterocycles. The number of rotatable bonds is 3. The SMILES string of the molecule is CC1CCC2(CC1)NC(=O)N(CC(=O)N1CCCc3cc(S(C)(=O)=O)ccc31)C2=O. The average molecular weight is 434 g/mol. The molecular formula is C21H27N3O5S. The van der Waals surface area contributed by atoms with Gasteiger partial charge < -0.3 is 10.2 Å². The molecule has 1 aromatic rings. The smallest absolute Gasteiger partial charge is 0.323 e. The molecule has 1 saturated heterocycles. The second-order valence-corrected chi connectivity index (χ2v) is 10.8. The highest BCUT2D eigenvalue weighted by atomic mass is 32.2. The summed E-state index contributed by atoms with van der Waals surface area (Å²) in [5.74, 6) is -0.122. The second kappa shape index (κ2) is 7.37. The molecule has 0 atom stereocenters. The lowest BCUT2D eigenvalue weighted by atomic mass is 9.77. The topological polar surface area (TPSA) is 104 Å². The number of amides is 4. The minimum atomic E-state index is -3.34. The van der Waals surface area contributed by atoms with Crippen LogP contribution >= 0.6 is 0 Å². The lowest BCUT2D eigenvalue weighted by Gasteiger charge is -2.34. The molecule has 0 bridgehead atoms.